The minimum atomic E-state index is -1.73. The molecule has 0 fully saturated rings. The first kappa shape index (κ1) is 14.0. The van der Waals surface area contributed by atoms with E-state index in [0.717, 1.165) is 5.56 Å². The highest BCUT2D eigenvalue weighted by Crippen LogP contribution is 2.35. The standard InChI is InChI=1S/C14H22O2Si/c1-6-16-13(15)14(2,17(3,4)5)12-10-8-7-9-11-12/h7-11H,6H2,1-5H3. The summed E-state index contributed by atoms with van der Waals surface area (Å²) in [4.78, 5) is 12.3. The molecular weight excluding hydrogens is 228 g/mol. The minimum Gasteiger partial charge on any atom is -0.466 e. The second kappa shape index (κ2) is 5.04. The first-order valence-electron chi connectivity index (χ1n) is 6.06. The number of ether oxygens (including phenoxy) is 1. The molecule has 1 aromatic carbocycles. The fourth-order valence-corrected chi connectivity index (χ4v) is 3.62. The van der Waals surface area contributed by atoms with Crippen molar-refractivity contribution in [1.82, 2.24) is 0 Å². The van der Waals surface area contributed by atoms with Gasteiger partial charge in [-0.15, -0.1) is 0 Å². The van der Waals surface area contributed by atoms with Gasteiger partial charge in [0.2, 0.25) is 0 Å². The van der Waals surface area contributed by atoms with Crippen LogP contribution in [0.5, 0.6) is 0 Å². The molecule has 1 rings (SSSR count). The Labute approximate surface area is 105 Å². The molecule has 2 nitrogen and oxygen atoms in total. The smallest absolute Gasteiger partial charge is 0.313 e. The van der Waals surface area contributed by atoms with E-state index < -0.39 is 13.1 Å². The molecule has 0 saturated heterocycles. The van der Waals surface area contributed by atoms with Gasteiger partial charge in [-0.25, -0.2) is 0 Å². The summed E-state index contributed by atoms with van der Waals surface area (Å²) in [6, 6.07) is 9.98. The second-order valence-corrected chi connectivity index (χ2v) is 11.0. The van der Waals surface area contributed by atoms with Crippen molar-refractivity contribution in [2.75, 3.05) is 6.61 Å². The van der Waals surface area contributed by atoms with Crippen LogP contribution in [0.2, 0.25) is 19.6 Å². The lowest BCUT2D eigenvalue weighted by molar-refractivity contribution is -0.146. The second-order valence-electron chi connectivity index (χ2n) is 5.46. The maximum absolute atomic E-state index is 12.3. The molecule has 1 unspecified atom stereocenters. The Morgan fingerprint density at radius 3 is 2.18 bits per heavy atom. The fourth-order valence-electron chi connectivity index (χ4n) is 1.90. The summed E-state index contributed by atoms with van der Waals surface area (Å²) in [5.74, 6) is -0.0923. The average Bonchev–Trinajstić information content (AvgIpc) is 2.28. The number of esters is 1. The summed E-state index contributed by atoms with van der Waals surface area (Å²) < 4.78 is 5.28. The van der Waals surface area contributed by atoms with Crippen LogP contribution >= 0.6 is 0 Å². The third-order valence-corrected chi connectivity index (χ3v) is 7.03. The van der Waals surface area contributed by atoms with Gasteiger partial charge >= 0.3 is 5.97 Å². The molecular formula is C14H22O2Si. The molecule has 0 amide bonds. The molecule has 17 heavy (non-hydrogen) atoms. The van der Waals surface area contributed by atoms with E-state index in [0.29, 0.717) is 6.61 Å². The Morgan fingerprint density at radius 1 is 1.24 bits per heavy atom. The maximum Gasteiger partial charge on any atom is 0.313 e. The van der Waals surface area contributed by atoms with Crippen molar-refractivity contribution in [1.29, 1.82) is 0 Å². The lowest BCUT2D eigenvalue weighted by Gasteiger charge is -2.38. The quantitative estimate of drug-likeness (QED) is 0.605. The van der Waals surface area contributed by atoms with Gasteiger partial charge in [-0.3, -0.25) is 4.79 Å². The summed E-state index contributed by atoms with van der Waals surface area (Å²) in [5, 5.41) is -0.482. The fraction of sp³-hybridized carbons (Fsp3) is 0.500. The maximum atomic E-state index is 12.3. The van der Waals surface area contributed by atoms with E-state index in [2.05, 4.69) is 19.6 Å². The first-order valence-corrected chi connectivity index (χ1v) is 9.56. The van der Waals surface area contributed by atoms with Gasteiger partial charge in [-0.2, -0.15) is 0 Å². The third-order valence-electron chi connectivity index (χ3n) is 3.53. The van der Waals surface area contributed by atoms with Gasteiger partial charge in [0.05, 0.1) is 19.7 Å². The van der Waals surface area contributed by atoms with Crippen LogP contribution in [0.3, 0.4) is 0 Å². The van der Waals surface area contributed by atoms with Crippen LogP contribution in [-0.4, -0.2) is 20.7 Å². The molecule has 0 aromatic heterocycles. The molecule has 94 valence electrons. The Hall–Kier alpha value is -1.09. The molecule has 3 heteroatoms. The SMILES string of the molecule is CCOC(=O)C(C)(c1ccccc1)[Si](C)(C)C. The van der Waals surface area contributed by atoms with Crippen molar-refractivity contribution >= 4 is 14.0 Å². The highest BCUT2D eigenvalue weighted by atomic mass is 28.3. The van der Waals surface area contributed by atoms with Gasteiger partial charge in [-0.05, 0) is 19.4 Å². The number of benzene rings is 1. The van der Waals surface area contributed by atoms with Crippen molar-refractivity contribution in [2.24, 2.45) is 0 Å². The third kappa shape index (κ3) is 2.60. The molecule has 0 bridgehead atoms. The van der Waals surface area contributed by atoms with Crippen molar-refractivity contribution in [3.63, 3.8) is 0 Å². The van der Waals surface area contributed by atoms with Crippen LogP contribution in [0.4, 0.5) is 0 Å². The van der Waals surface area contributed by atoms with Crippen molar-refractivity contribution in [3.8, 4) is 0 Å². The number of carbonyl (C=O) groups excluding carboxylic acids is 1. The van der Waals surface area contributed by atoms with E-state index in [9.17, 15) is 4.79 Å². The van der Waals surface area contributed by atoms with E-state index in [1.807, 2.05) is 44.2 Å². The summed E-state index contributed by atoms with van der Waals surface area (Å²) in [6.45, 7) is 10.9. The molecule has 0 heterocycles. The number of hydrogen-bond acceptors (Lipinski definition) is 2. The topological polar surface area (TPSA) is 26.3 Å². The number of rotatable bonds is 4. The Bertz CT molecular complexity index is 381. The Balaban J connectivity index is 3.26. The van der Waals surface area contributed by atoms with Crippen LogP contribution in [0.1, 0.15) is 19.4 Å². The van der Waals surface area contributed by atoms with Gasteiger partial charge < -0.3 is 4.74 Å². The summed E-state index contributed by atoms with van der Waals surface area (Å²) in [7, 11) is -1.73. The van der Waals surface area contributed by atoms with Crippen LogP contribution in [-0.2, 0) is 14.6 Å². The van der Waals surface area contributed by atoms with Crippen molar-refractivity contribution < 1.29 is 9.53 Å². The van der Waals surface area contributed by atoms with Gasteiger partial charge in [-0.1, -0.05) is 50.0 Å². The van der Waals surface area contributed by atoms with Gasteiger partial charge in [0.15, 0.2) is 0 Å². The average molecular weight is 250 g/mol. The van der Waals surface area contributed by atoms with Gasteiger partial charge in [0.1, 0.15) is 0 Å². The predicted octanol–water partition coefficient (Wildman–Crippen LogP) is 3.38. The Morgan fingerprint density at radius 2 is 1.76 bits per heavy atom. The van der Waals surface area contributed by atoms with E-state index >= 15 is 0 Å². The summed E-state index contributed by atoms with van der Waals surface area (Å²) in [5.41, 5.74) is 1.07. The molecule has 0 aliphatic carbocycles. The zero-order valence-electron chi connectivity index (χ0n) is 11.4. The lowest BCUT2D eigenvalue weighted by atomic mass is 10.00. The van der Waals surface area contributed by atoms with Gasteiger partial charge in [0.25, 0.3) is 0 Å². The van der Waals surface area contributed by atoms with E-state index in [4.69, 9.17) is 4.74 Å². The largest absolute Gasteiger partial charge is 0.466 e. The molecule has 0 spiro atoms. The number of hydrogen-bond donors (Lipinski definition) is 0. The first-order chi connectivity index (χ1) is 7.84. The molecule has 1 atom stereocenters. The highest BCUT2D eigenvalue weighted by molar-refractivity contribution is 6.82. The van der Waals surface area contributed by atoms with E-state index in [-0.39, 0.29) is 5.97 Å². The minimum absolute atomic E-state index is 0.0923. The highest BCUT2D eigenvalue weighted by Gasteiger charge is 2.48. The lowest BCUT2D eigenvalue weighted by Crippen LogP contribution is -2.53. The van der Waals surface area contributed by atoms with Crippen molar-refractivity contribution in [3.05, 3.63) is 35.9 Å². The van der Waals surface area contributed by atoms with E-state index in [1.54, 1.807) is 0 Å². The number of carbonyl (C=O) groups is 1. The summed E-state index contributed by atoms with van der Waals surface area (Å²) in [6.07, 6.45) is 0. The summed E-state index contributed by atoms with van der Waals surface area (Å²) >= 11 is 0. The zero-order chi connectivity index (χ0) is 13.1. The van der Waals surface area contributed by atoms with E-state index in [1.165, 1.54) is 0 Å². The molecule has 0 saturated carbocycles. The van der Waals surface area contributed by atoms with Crippen LogP contribution < -0.4 is 0 Å². The van der Waals surface area contributed by atoms with Gasteiger partial charge in [0, 0.05) is 0 Å². The Kier molecular flexibility index (Phi) is 4.15. The van der Waals surface area contributed by atoms with Crippen molar-refractivity contribution in [2.45, 2.75) is 38.5 Å². The molecule has 0 aliphatic rings. The zero-order valence-corrected chi connectivity index (χ0v) is 12.4. The van der Waals surface area contributed by atoms with Crippen LogP contribution in [0, 0.1) is 0 Å². The predicted molar refractivity (Wildman–Crippen MR) is 73.8 cm³/mol. The monoisotopic (exact) mass is 250 g/mol. The molecule has 0 aliphatic heterocycles. The molecule has 0 radical (unpaired) electrons. The normalized spacial score (nSPS) is 15.1. The molecule has 0 N–H and O–H groups in total. The molecule has 1 aromatic rings. The van der Waals surface area contributed by atoms with Crippen LogP contribution in [0.25, 0.3) is 0 Å². The van der Waals surface area contributed by atoms with Crippen LogP contribution in [0.15, 0.2) is 30.3 Å².